The van der Waals surface area contributed by atoms with Gasteiger partial charge in [-0.2, -0.15) is 4.31 Å². The number of sulfonamides is 1. The molecule has 1 saturated carbocycles. The lowest BCUT2D eigenvalue weighted by molar-refractivity contribution is -0.384. The second-order valence-corrected chi connectivity index (χ2v) is 7.34. The minimum Gasteiger partial charge on any atom is -0.327 e. The molecule has 2 N–H and O–H groups in total. The first-order valence-corrected chi connectivity index (χ1v) is 7.84. The monoisotopic (exact) mass is 297 g/mol. The molecular weight excluding hydrogens is 282 g/mol. The highest BCUT2D eigenvalue weighted by atomic mass is 32.2. The maximum Gasteiger partial charge on any atom is 0.269 e. The molecule has 0 amide bonds. The van der Waals surface area contributed by atoms with Crippen molar-refractivity contribution >= 4 is 15.7 Å². The van der Waals surface area contributed by atoms with Crippen molar-refractivity contribution in [3.8, 4) is 0 Å². The first kappa shape index (κ1) is 13.5. The summed E-state index contributed by atoms with van der Waals surface area (Å²) in [5, 5.41) is 10.6. The van der Waals surface area contributed by atoms with Gasteiger partial charge in [-0.3, -0.25) is 10.1 Å². The molecule has 1 aromatic carbocycles. The highest BCUT2D eigenvalue weighted by molar-refractivity contribution is 7.89. The van der Waals surface area contributed by atoms with Gasteiger partial charge in [0.2, 0.25) is 10.0 Å². The SMILES string of the molecule is NC1[C@@H]2C[C@H]1CN(S(=O)(=O)c1ccc([N+](=O)[O-])cc1)C2. The summed E-state index contributed by atoms with van der Waals surface area (Å²) in [6.07, 6.45) is 0.994. The van der Waals surface area contributed by atoms with Crippen molar-refractivity contribution < 1.29 is 13.3 Å². The second kappa shape index (κ2) is 4.51. The van der Waals surface area contributed by atoms with Crippen molar-refractivity contribution in [2.24, 2.45) is 17.6 Å². The Morgan fingerprint density at radius 3 is 2.20 bits per heavy atom. The Morgan fingerprint density at radius 2 is 1.75 bits per heavy atom. The van der Waals surface area contributed by atoms with E-state index in [4.69, 9.17) is 5.73 Å². The summed E-state index contributed by atoms with van der Waals surface area (Å²) < 4.78 is 26.4. The van der Waals surface area contributed by atoms with Gasteiger partial charge in [-0.15, -0.1) is 0 Å². The number of nitro groups is 1. The molecule has 1 aromatic rings. The van der Waals surface area contributed by atoms with Crippen LogP contribution in [0, 0.1) is 22.0 Å². The molecule has 0 aromatic heterocycles. The minimum atomic E-state index is -3.58. The zero-order chi connectivity index (χ0) is 14.5. The Hall–Kier alpha value is -1.51. The number of benzene rings is 1. The molecule has 2 saturated heterocycles. The van der Waals surface area contributed by atoms with Gasteiger partial charge in [0.1, 0.15) is 0 Å². The molecule has 2 bridgehead atoms. The maximum atomic E-state index is 12.5. The van der Waals surface area contributed by atoms with Gasteiger partial charge >= 0.3 is 0 Å². The number of nitrogens with two attached hydrogens (primary N) is 1. The van der Waals surface area contributed by atoms with E-state index >= 15 is 0 Å². The summed E-state index contributed by atoms with van der Waals surface area (Å²) in [6, 6.07) is 5.10. The maximum absolute atomic E-state index is 12.5. The molecule has 2 aliphatic heterocycles. The van der Waals surface area contributed by atoms with E-state index in [9.17, 15) is 18.5 Å². The van der Waals surface area contributed by atoms with E-state index in [1.807, 2.05) is 0 Å². The van der Waals surface area contributed by atoms with Crippen LogP contribution in [0.4, 0.5) is 5.69 Å². The van der Waals surface area contributed by atoms with Crippen LogP contribution >= 0.6 is 0 Å². The molecule has 1 unspecified atom stereocenters. The molecule has 0 spiro atoms. The third-order valence-corrected chi connectivity index (χ3v) is 6.10. The number of nitrogens with zero attached hydrogens (tertiary/aromatic N) is 2. The van der Waals surface area contributed by atoms with E-state index in [-0.39, 0.29) is 28.5 Å². The van der Waals surface area contributed by atoms with E-state index in [1.165, 1.54) is 28.6 Å². The summed E-state index contributed by atoms with van der Waals surface area (Å²) in [5.41, 5.74) is 5.81. The van der Waals surface area contributed by atoms with E-state index < -0.39 is 14.9 Å². The Morgan fingerprint density at radius 1 is 1.20 bits per heavy atom. The lowest BCUT2D eigenvalue weighted by atomic mass is 9.67. The van der Waals surface area contributed by atoms with Crippen LogP contribution < -0.4 is 5.73 Å². The molecule has 3 fully saturated rings. The molecule has 108 valence electrons. The minimum absolute atomic E-state index is 0.0953. The number of hydrogen-bond acceptors (Lipinski definition) is 5. The number of hydrogen-bond donors (Lipinski definition) is 1. The van der Waals surface area contributed by atoms with Crippen LogP contribution in [0.25, 0.3) is 0 Å². The van der Waals surface area contributed by atoms with E-state index in [1.54, 1.807) is 0 Å². The van der Waals surface area contributed by atoms with Gasteiger partial charge in [0.05, 0.1) is 9.82 Å². The summed E-state index contributed by atoms with van der Waals surface area (Å²) in [6.45, 7) is 0.883. The van der Waals surface area contributed by atoms with Crippen molar-refractivity contribution in [3.05, 3.63) is 34.4 Å². The first-order chi connectivity index (χ1) is 9.39. The van der Waals surface area contributed by atoms with Gasteiger partial charge in [-0.1, -0.05) is 0 Å². The largest absolute Gasteiger partial charge is 0.327 e. The van der Waals surface area contributed by atoms with Gasteiger partial charge in [-0.25, -0.2) is 8.42 Å². The Kier molecular flexibility index (Phi) is 3.03. The van der Waals surface area contributed by atoms with Gasteiger partial charge < -0.3 is 5.73 Å². The standard InChI is InChI=1S/C12H15N3O4S/c13-12-8-5-9(12)7-14(6-8)20(18,19)11-3-1-10(2-4-11)15(16)17/h1-4,8-9,12H,5-7,13H2/t8-,9+,12?. The quantitative estimate of drug-likeness (QED) is 0.648. The zero-order valence-corrected chi connectivity index (χ0v) is 11.5. The predicted molar refractivity (Wildman–Crippen MR) is 71.4 cm³/mol. The molecule has 3 aliphatic rings. The summed E-state index contributed by atoms with van der Waals surface area (Å²) >= 11 is 0. The van der Waals surface area contributed by atoms with Crippen LogP contribution in [0.2, 0.25) is 0 Å². The van der Waals surface area contributed by atoms with E-state index in [0.29, 0.717) is 13.1 Å². The van der Waals surface area contributed by atoms with Crippen molar-refractivity contribution in [2.45, 2.75) is 17.4 Å². The first-order valence-electron chi connectivity index (χ1n) is 6.40. The fraction of sp³-hybridized carbons (Fsp3) is 0.500. The number of non-ortho nitro benzene ring substituents is 1. The van der Waals surface area contributed by atoms with Crippen molar-refractivity contribution in [1.29, 1.82) is 0 Å². The molecule has 1 aliphatic carbocycles. The van der Waals surface area contributed by atoms with E-state index in [0.717, 1.165) is 6.42 Å². The average molecular weight is 297 g/mol. The highest BCUT2D eigenvalue weighted by Gasteiger charge is 2.47. The summed E-state index contributed by atoms with van der Waals surface area (Å²) in [4.78, 5) is 10.1. The molecule has 3 atom stereocenters. The third-order valence-electron chi connectivity index (χ3n) is 4.26. The molecule has 0 radical (unpaired) electrons. The molecule has 2 heterocycles. The van der Waals surface area contributed by atoms with Crippen molar-refractivity contribution in [2.75, 3.05) is 13.1 Å². The highest BCUT2D eigenvalue weighted by Crippen LogP contribution is 2.40. The number of piperidine rings is 2. The second-order valence-electron chi connectivity index (χ2n) is 5.41. The van der Waals surface area contributed by atoms with Gasteiger partial charge in [-0.05, 0) is 30.4 Å². The predicted octanol–water partition coefficient (Wildman–Crippen LogP) is 0.562. The topological polar surface area (TPSA) is 107 Å². The van der Waals surface area contributed by atoms with Crippen LogP contribution in [0.1, 0.15) is 6.42 Å². The molecule has 4 rings (SSSR count). The van der Waals surface area contributed by atoms with Crippen molar-refractivity contribution in [1.82, 2.24) is 4.31 Å². The third kappa shape index (κ3) is 2.00. The lowest BCUT2D eigenvalue weighted by Gasteiger charge is -2.51. The van der Waals surface area contributed by atoms with Gasteiger partial charge in [0, 0.05) is 31.3 Å². The summed E-state index contributed by atoms with van der Waals surface area (Å²) in [5.74, 6) is 0.475. The average Bonchev–Trinajstić information content (AvgIpc) is 2.46. The van der Waals surface area contributed by atoms with Crippen LogP contribution in [0.3, 0.4) is 0 Å². The fourth-order valence-corrected chi connectivity index (χ4v) is 4.52. The fourth-order valence-electron chi connectivity index (χ4n) is 2.97. The van der Waals surface area contributed by atoms with Crippen LogP contribution in [-0.2, 0) is 10.0 Å². The molecule has 20 heavy (non-hydrogen) atoms. The number of fused-ring (bicyclic) bond motifs is 2. The van der Waals surface area contributed by atoms with Crippen LogP contribution in [0.5, 0.6) is 0 Å². The van der Waals surface area contributed by atoms with Crippen LogP contribution in [0.15, 0.2) is 29.2 Å². The van der Waals surface area contributed by atoms with E-state index in [2.05, 4.69) is 0 Å². The lowest BCUT2D eigenvalue weighted by Crippen LogP contribution is -2.62. The van der Waals surface area contributed by atoms with Crippen LogP contribution in [-0.4, -0.2) is 36.8 Å². The smallest absolute Gasteiger partial charge is 0.269 e. The normalized spacial score (nSPS) is 29.8. The molecular formula is C12H15N3O4S. The Bertz CT molecular complexity index is 631. The Balaban J connectivity index is 1.83. The number of nitro benzene ring substituents is 1. The molecule has 8 heteroatoms. The summed E-state index contributed by atoms with van der Waals surface area (Å²) in [7, 11) is -3.58. The Labute approximate surface area is 116 Å². The number of rotatable bonds is 3. The zero-order valence-electron chi connectivity index (χ0n) is 10.7. The van der Waals surface area contributed by atoms with Gasteiger partial charge in [0.25, 0.3) is 5.69 Å². The van der Waals surface area contributed by atoms with Gasteiger partial charge in [0.15, 0.2) is 0 Å². The van der Waals surface area contributed by atoms with Crippen molar-refractivity contribution in [3.63, 3.8) is 0 Å². The molecule has 7 nitrogen and oxygen atoms in total.